The van der Waals surface area contributed by atoms with E-state index in [0.29, 0.717) is 5.69 Å². The van der Waals surface area contributed by atoms with Crippen LogP contribution < -0.4 is 19.9 Å². The molecule has 0 aromatic heterocycles. The zero-order valence-corrected chi connectivity index (χ0v) is 18.1. The Morgan fingerprint density at radius 1 is 1.24 bits per heavy atom. The second-order valence-electron chi connectivity index (χ2n) is 6.82. The summed E-state index contributed by atoms with van der Waals surface area (Å²) in [6, 6.07) is 11.0. The largest absolute Gasteiger partial charge is 0.493 e. The molecule has 1 aliphatic heterocycles. The van der Waals surface area contributed by atoms with Gasteiger partial charge in [0.2, 0.25) is 5.75 Å². The van der Waals surface area contributed by atoms with Gasteiger partial charge >= 0.3 is 11.7 Å². The van der Waals surface area contributed by atoms with Gasteiger partial charge in [0.05, 0.1) is 24.3 Å². The number of hydrazine groups is 1. The van der Waals surface area contributed by atoms with E-state index in [-0.39, 0.29) is 29.2 Å². The molecule has 1 N–H and O–H groups in total. The molecule has 172 valence electrons. The molecular weight excluding hydrogens is 434 g/mol. The molecule has 2 amide bonds. The number of benzene rings is 2. The Hall–Kier alpha value is -4.41. The van der Waals surface area contributed by atoms with Crippen LogP contribution in [-0.4, -0.2) is 42.5 Å². The summed E-state index contributed by atoms with van der Waals surface area (Å²) in [5.41, 5.74) is 2.34. The van der Waals surface area contributed by atoms with Gasteiger partial charge in [-0.3, -0.25) is 25.1 Å². The summed E-state index contributed by atoms with van der Waals surface area (Å²) < 4.78 is 15.5. The average Bonchev–Trinajstić information content (AvgIpc) is 3.08. The van der Waals surface area contributed by atoms with Gasteiger partial charge < -0.3 is 14.2 Å². The summed E-state index contributed by atoms with van der Waals surface area (Å²) in [5.74, 6) is -2.32. The predicted octanol–water partition coefficient (Wildman–Crippen LogP) is 2.40. The van der Waals surface area contributed by atoms with Crippen LogP contribution in [0.2, 0.25) is 0 Å². The molecule has 1 heterocycles. The van der Waals surface area contributed by atoms with E-state index in [0.717, 1.165) is 11.1 Å². The number of rotatable bonds is 8. The normalized spacial score (nSPS) is 15.2. The minimum absolute atomic E-state index is 0.0574. The Morgan fingerprint density at radius 2 is 1.94 bits per heavy atom. The Morgan fingerprint density at radius 3 is 2.55 bits per heavy atom. The number of amides is 2. The molecule has 33 heavy (non-hydrogen) atoms. The van der Waals surface area contributed by atoms with Crippen molar-refractivity contribution in [1.29, 1.82) is 0 Å². The summed E-state index contributed by atoms with van der Waals surface area (Å²) in [5, 5.41) is 12.8. The van der Waals surface area contributed by atoms with Crippen LogP contribution in [0.3, 0.4) is 0 Å². The van der Waals surface area contributed by atoms with Crippen molar-refractivity contribution >= 4 is 35.2 Å². The number of carbonyl (C=O) groups excluding carboxylic acids is 3. The van der Waals surface area contributed by atoms with E-state index in [9.17, 15) is 24.5 Å². The number of para-hydroxylation sites is 1. The second kappa shape index (κ2) is 9.81. The maximum absolute atomic E-state index is 12.8. The third-order valence-electron chi connectivity index (χ3n) is 4.60. The molecule has 0 bridgehead atoms. The maximum Gasteiger partial charge on any atom is 0.347 e. The summed E-state index contributed by atoms with van der Waals surface area (Å²) in [7, 11) is 1.27. The number of carbonyl (C=O) groups is 3. The van der Waals surface area contributed by atoms with Crippen molar-refractivity contribution in [1.82, 2.24) is 5.43 Å². The molecule has 1 atom stereocenters. The van der Waals surface area contributed by atoms with Crippen molar-refractivity contribution in [2.75, 3.05) is 18.7 Å². The molecule has 1 fully saturated rings. The van der Waals surface area contributed by atoms with Crippen molar-refractivity contribution in [3.05, 3.63) is 63.7 Å². The third-order valence-corrected chi connectivity index (χ3v) is 4.60. The minimum Gasteiger partial charge on any atom is -0.493 e. The Balaban J connectivity index is 1.99. The topological polar surface area (TPSA) is 137 Å². The van der Waals surface area contributed by atoms with Gasteiger partial charge in [0.15, 0.2) is 11.9 Å². The highest BCUT2D eigenvalue weighted by Gasteiger charge is 2.35. The zero-order chi connectivity index (χ0) is 24.1. The monoisotopic (exact) mass is 455 g/mol. The Labute approximate surface area is 188 Å². The van der Waals surface area contributed by atoms with E-state index in [1.807, 2.05) is 0 Å². The van der Waals surface area contributed by atoms with Crippen molar-refractivity contribution < 1.29 is 33.5 Å². The molecule has 1 aliphatic rings. The van der Waals surface area contributed by atoms with Crippen LogP contribution in [-0.2, 0) is 19.1 Å². The molecule has 0 radical (unpaired) electrons. The second-order valence-corrected chi connectivity index (χ2v) is 6.82. The summed E-state index contributed by atoms with van der Waals surface area (Å²) in [4.78, 5) is 48.1. The number of hydrogen-bond donors (Lipinski definition) is 1. The van der Waals surface area contributed by atoms with E-state index in [4.69, 9.17) is 14.2 Å². The first-order valence-corrected chi connectivity index (χ1v) is 9.88. The lowest BCUT2D eigenvalue weighted by Crippen LogP contribution is -2.35. The van der Waals surface area contributed by atoms with E-state index in [1.54, 1.807) is 37.3 Å². The van der Waals surface area contributed by atoms with Gasteiger partial charge in [-0.05, 0) is 43.7 Å². The smallest absolute Gasteiger partial charge is 0.347 e. The number of ether oxygens (including phenoxy) is 3. The fourth-order valence-electron chi connectivity index (χ4n) is 3.06. The van der Waals surface area contributed by atoms with Crippen LogP contribution >= 0.6 is 0 Å². The highest BCUT2D eigenvalue weighted by molar-refractivity contribution is 6.31. The first kappa shape index (κ1) is 23.3. The van der Waals surface area contributed by atoms with Crippen molar-refractivity contribution in [3.8, 4) is 11.5 Å². The third kappa shape index (κ3) is 4.92. The van der Waals surface area contributed by atoms with Gasteiger partial charge in [0.25, 0.3) is 11.8 Å². The fourth-order valence-corrected chi connectivity index (χ4v) is 3.06. The van der Waals surface area contributed by atoms with Crippen LogP contribution in [0, 0.1) is 10.1 Å². The fraction of sp³-hybridized carbons (Fsp3) is 0.227. The Bertz CT molecular complexity index is 1130. The summed E-state index contributed by atoms with van der Waals surface area (Å²) >= 11 is 0. The molecule has 11 nitrogen and oxygen atoms in total. The Kier molecular flexibility index (Phi) is 6.91. The quantitative estimate of drug-likeness (QED) is 0.211. The van der Waals surface area contributed by atoms with Gasteiger partial charge in [-0.25, -0.2) is 9.80 Å². The number of nitrogens with one attached hydrogen (secondary N) is 1. The van der Waals surface area contributed by atoms with Crippen LogP contribution in [0.5, 0.6) is 11.5 Å². The van der Waals surface area contributed by atoms with Gasteiger partial charge in [0.1, 0.15) is 5.57 Å². The summed E-state index contributed by atoms with van der Waals surface area (Å²) in [6.45, 7) is 3.13. The van der Waals surface area contributed by atoms with Crippen molar-refractivity contribution in [2.24, 2.45) is 0 Å². The SMILES string of the molecule is CCOC(=O)C(C)Oc1c(OC)cc(C=C2C(=O)NN(c3ccccc3)C2=O)cc1[N+](=O)[O-]. The van der Waals surface area contributed by atoms with Gasteiger partial charge in [-0.15, -0.1) is 0 Å². The number of nitro groups is 1. The molecule has 0 aliphatic carbocycles. The van der Waals surface area contributed by atoms with E-state index < -0.39 is 34.5 Å². The van der Waals surface area contributed by atoms with E-state index >= 15 is 0 Å². The molecule has 11 heteroatoms. The number of nitrogens with zero attached hydrogens (tertiary/aromatic N) is 2. The van der Waals surface area contributed by atoms with Crippen LogP contribution in [0.4, 0.5) is 11.4 Å². The van der Waals surface area contributed by atoms with E-state index in [2.05, 4.69) is 5.43 Å². The number of esters is 1. The average molecular weight is 455 g/mol. The molecule has 2 aromatic rings. The van der Waals surface area contributed by atoms with Gasteiger partial charge in [-0.2, -0.15) is 0 Å². The molecule has 3 rings (SSSR count). The highest BCUT2D eigenvalue weighted by Crippen LogP contribution is 2.40. The number of hydrogen-bond acceptors (Lipinski definition) is 8. The van der Waals surface area contributed by atoms with Crippen molar-refractivity contribution in [3.63, 3.8) is 0 Å². The first-order valence-electron chi connectivity index (χ1n) is 9.88. The van der Waals surface area contributed by atoms with Crippen LogP contribution in [0.1, 0.15) is 19.4 Å². The molecule has 0 spiro atoms. The molecule has 2 aromatic carbocycles. The number of anilines is 1. The van der Waals surface area contributed by atoms with Crippen molar-refractivity contribution in [2.45, 2.75) is 20.0 Å². The molecule has 0 saturated carbocycles. The van der Waals surface area contributed by atoms with Gasteiger partial charge in [-0.1, -0.05) is 18.2 Å². The van der Waals surface area contributed by atoms with Crippen LogP contribution in [0.15, 0.2) is 48.0 Å². The van der Waals surface area contributed by atoms with Gasteiger partial charge in [0, 0.05) is 6.07 Å². The predicted molar refractivity (Wildman–Crippen MR) is 116 cm³/mol. The maximum atomic E-state index is 12.8. The molecular formula is C22H21N3O8. The van der Waals surface area contributed by atoms with E-state index in [1.165, 1.54) is 26.2 Å². The number of methoxy groups -OCH3 is 1. The lowest BCUT2D eigenvalue weighted by Gasteiger charge is -2.16. The first-order chi connectivity index (χ1) is 15.8. The lowest BCUT2D eigenvalue weighted by atomic mass is 10.1. The number of nitro benzene ring substituents is 1. The molecule has 1 unspecified atom stereocenters. The standard InChI is InChI=1S/C22H21N3O8/c1-4-32-22(28)13(2)33-19-17(25(29)30)11-14(12-18(19)31-3)10-16-20(26)23-24(21(16)27)15-8-6-5-7-9-15/h5-13H,4H2,1-3H3,(H,23,26). The lowest BCUT2D eigenvalue weighted by molar-refractivity contribution is -0.386. The highest BCUT2D eigenvalue weighted by atomic mass is 16.6. The zero-order valence-electron chi connectivity index (χ0n) is 18.1. The van der Waals surface area contributed by atoms with Crippen LogP contribution in [0.25, 0.3) is 6.08 Å². The summed E-state index contributed by atoms with van der Waals surface area (Å²) in [6.07, 6.45) is 0.0812. The minimum atomic E-state index is -1.14. The molecule has 1 saturated heterocycles.